The first kappa shape index (κ1) is 14.3. The summed E-state index contributed by atoms with van der Waals surface area (Å²) in [7, 11) is 0. The Hall–Kier alpha value is -2.26. The van der Waals surface area contributed by atoms with E-state index in [0.717, 1.165) is 44.8 Å². The predicted molar refractivity (Wildman–Crippen MR) is 94.2 cm³/mol. The molecule has 2 aromatic carbocycles. The number of para-hydroxylation sites is 2. The number of nitrogens with zero attached hydrogens (tertiary/aromatic N) is 1. The Bertz CT molecular complexity index is 792. The average molecular weight is 306 g/mol. The zero-order chi connectivity index (χ0) is 15.5. The van der Waals surface area contributed by atoms with Gasteiger partial charge < -0.3 is 14.6 Å². The van der Waals surface area contributed by atoms with Crippen LogP contribution < -0.4 is 10.1 Å². The lowest BCUT2D eigenvalue weighted by atomic mass is 10.1. The van der Waals surface area contributed by atoms with Crippen molar-refractivity contribution >= 4 is 10.9 Å². The van der Waals surface area contributed by atoms with E-state index in [1.54, 1.807) is 0 Å². The molecule has 0 atom stereocenters. The SMILES string of the molecule is c1ccc(OCCc2c3n(c4ccccc24)CCNCC3)cc1. The van der Waals surface area contributed by atoms with Gasteiger partial charge in [-0.05, 0) is 23.8 Å². The Morgan fingerprint density at radius 2 is 1.78 bits per heavy atom. The highest BCUT2D eigenvalue weighted by Crippen LogP contribution is 2.28. The van der Waals surface area contributed by atoms with E-state index in [1.165, 1.54) is 22.2 Å². The molecular formula is C20H22N2O. The van der Waals surface area contributed by atoms with Crippen molar-refractivity contribution in [3.8, 4) is 5.75 Å². The van der Waals surface area contributed by atoms with Gasteiger partial charge in [-0.2, -0.15) is 0 Å². The van der Waals surface area contributed by atoms with E-state index >= 15 is 0 Å². The van der Waals surface area contributed by atoms with Crippen LogP contribution in [0.2, 0.25) is 0 Å². The molecule has 2 heterocycles. The number of aromatic nitrogens is 1. The van der Waals surface area contributed by atoms with Crippen molar-refractivity contribution in [3.63, 3.8) is 0 Å². The molecule has 3 aromatic rings. The minimum absolute atomic E-state index is 0.721. The topological polar surface area (TPSA) is 26.2 Å². The van der Waals surface area contributed by atoms with Crippen LogP contribution in [0.4, 0.5) is 0 Å². The van der Waals surface area contributed by atoms with E-state index in [4.69, 9.17) is 4.74 Å². The van der Waals surface area contributed by atoms with Gasteiger partial charge in [-0.25, -0.2) is 0 Å². The molecule has 0 fully saturated rings. The molecule has 4 rings (SSSR count). The lowest BCUT2D eigenvalue weighted by Crippen LogP contribution is -2.17. The Labute approximate surface area is 136 Å². The minimum Gasteiger partial charge on any atom is -0.493 e. The molecule has 1 aliphatic heterocycles. The third-order valence-electron chi connectivity index (χ3n) is 4.61. The number of ether oxygens (including phenoxy) is 1. The van der Waals surface area contributed by atoms with Crippen LogP contribution in [-0.2, 0) is 19.4 Å². The van der Waals surface area contributed by atoms with E-state index in [-0.39, 0.29) is 0 Å². The molecule has 0 amide bonds. The van der Waals surface area contributed by atoms with Crippen LogP contribution in [0, 0.1) is 0 Å². The number of benzene rings is 2. The third-order valence-corrected chi connectivity index (χ3v) is 4.61. The van der Waals surface area contributed by atoms with Gasteiger partial charge >= 0.3 is 0 Å². The number of nitrogens with one attached hydrogen (secondary N) is 1. The molecule has 0 saturated carbocycles. The van der Waals surface area contributed by atoms with Crippen molar-refractivity contribution in [2.75, 3.05) is 19.7 Å². The number of hydrogen-bond donors (Lipinski definition) is 1. The molecule has 1 N–H and O–H groups in total. The molecule has 0 bridgehead atoms. The maximum atomic E-state index is 5.93. The van der Waals surface area contributed by atoms with Gasteiger partial charge in [-0.1, -0.05) is 36.4 Å². The van der Waals surface area contributed by atoms with Gasteiger partial charge in [0, 0.05) is 49.1 Å². The van der Waals surface area contributed by atoms with E-state index in [2.05, 4.69) is 34.1 Å². The average Bonchev–Trinajstić information content (AvgIpc) is 2.76. The summed E-state index contributed by atoms with van der Waals surface area (Å²) < 4.78 is 8.42. The van der Waals surface area contributed by atoms with Gasteiger partial charge in [0.2, 0.25) is 0 Å². The summed E-state index contributed by atoms with van der Waals surface area (Å²) in [5.74, 6) is 0.948. The van der Waals surface area contributed by atoms with Crippen molar-refractivity contribution in [1.82, 2.24) is 9.88 Å². The lowest BCUT2D eigenvalue weighted by Gasteiger charge is -2.09. The van der Waals surface area contributed by atoms with Crippen LogP contribution in [-0.4, -0.2) is 24.3 Å². The molecule has 0 saturated heterocycles. The van der Waals surface area contributed by atoms with Crippen LogP contribution >= 0.6 is 0 Å². The molecule has 0 radical (unpaired) electrons. The van der Waals surface area contributed by atoms with Crippen LogP contribution in [0.1, 0.15) is 11.3 Å². The van der Waals surface area contributed by atoms with E-state index in [0.29, 0.717) is 0 Å². The Kier molecular flexibility index (Phi) is 4.03. The fourth-order valence-electron chi connectivity index (χ4n) is 3.56. The second-order valence-electron chi connectivity index (χ2n) is 6.01. The van der Waals surface area contributed by atoms with Crippen LogP contribution in [0.3, 0.4) is 0 Å². The van der Waals surface area contributed by atoms with Crippen LogP contribution in [0.25, 0.3) is 10.9 Å². The van der Waals surface area contributed by atoms with Crippen LogP contribution in [0.5, 0.6) is 5.75 Å². The van der Waals surface area contributed by atoms with Gasteiger partial charge in [-0.15, -0.1) is 0 Å². The van der Waals surface area contributed by atoms with Gasteiger partial charge in [0.1, 0.15) is 5.75 Å². The second kappa shape index (κ2) is 6.47. The first-order valence-corrected chi connectivity index (χ1v) is 8.41. The predicted octanol–water partition coefficient (Wildman–Crippen LogP) is 3.41. The minimum atomic E-state index is 0.721. The molecule has 118 valence electrons. The molecule has 3 heteroatoms. The fourth-order valence-corrected chi connectivity index (χ4v) is 3.56. The number of rotatable bonds is 4. The molecule has 3 nitrogen and oxygen atoms in total. The van der Waals surface area contributed by atoms with E-state index in [1.807, 2.05) is 30.3 Å². The highest BCUT2D eigenvalue weighted by atomic mass is 16.5. The monoisotopic (exact) mass is 306 g/mol. The highest BCUT2D eigenvalue weighted by Gasteiger charge is 2.18. The molecule has 1 aromatic heterocycles. The second-order valence-corrected chi connectivity index (χ2v) is 6.01. The fraction of sp³-hybridized carbons (Fsp3) is 0.300. The number of hydrogen-bond acceptors (Lipinski definition) is 2. The van der Waals surface area contributed by atoms with Crippen molar-refractivity contribution in [2.24, 2.45) is 0 Å². The molecule has 0 spiro atoms. The Morgan fingerprint density at radius 1 is 0.957 bits per heavy atom. The zero-order valence-corrected chi connectivity index (χ0v) is 13.3. The molecule has 1 aliphatic rings. The summed E-state index contributed by atoms with van der Waals surface area (Å²) in [5.41, 5.74) is 4.30. The third kappa shape index (κ3) is 2.84. The summed E-state index contributed by atoms with van der Waals surface area (Å²) in [6.45, 7) is 3.88. The maximum absolute atomic E-state index is 5.93. The zero-order valence-electron chi connectivity index (χ0n) is 13.3. The summed E-state index contributed by atoms with van der Waals surface area (Å²) in [4.78, 5) is 0. The largest absolute Gasteiger partial charge is 0.493 e. The van der Waals surface area contributed by atoms with Crippen LogP contribution in [0.15, 0.2) is 54.6 Å². The smallest absolute Gasteiger partial charge is 0.119 e. The van der Waals surface area contributed by atoms with Crippen molar-refractivity contribution < 1.29 is 4.74 Å². The van der Waals surface area contributed by atoms with E-state index < -0.39 is 0 Å². The van der Waals surface area contributed by atoms with Crippen molar-refractivity contribution in [1.29, 1.82) is 0 Å². The summed E-state index contributed by atoms with van der Waals surface area (Å²) >= 11 is 0. The lowest BCUT2D eigenvalue weighted by molar-refractivity contribution is 0.322. The highest BCUT2D eigenvalue weighted by molar-refractivity contribution is 5.85. The molecule has 0 unspecified atom stereocenters. The molecule has 0 aliphatic carbocycles. The summed E-state index contributed by atoms with van der Waals surface area (Å²) in [6.07, 6.45) is 2.05. The maximum Gasteiger partial charge on any atom is 0.119 e. The van der Waals surface area contributed by atoms with Gasteiger partial charge in [-0.3, -0.25) is 0 Å². The summed E-state index contributed by atoms with van der Waals surface area (Å²) in [5, 5.41) is 4.89. The Morgan fingerprint density at radius 3 is 2.70 bits per heavy atom. The first-order chi connectivity index (χ1) is 11.4. The van der Waals surface area contributed by atoms with Gasteiger partial charge in [0.25, 0.3) is 0 Å². The number of fused-ring (bicyclic) bond motifs is 3. The summed E-state index contributed by atoms with van der Waals surface area (Å²) in [6, 6.07) is 18.8. The first-order valence-electron chi connectivity index (χ1n) is 8.41. The van der Waals surface area contributed by atoms with Gasteiger partial charge in [0.15, 0.2) is 0 Å². The van der Waals surface area contributed by atoms with Crippen molar-refractivity contribution in [2.45, 2.75) is 19.4 Å². The normalized spacial score (nSPS) is 14.4. The van der Waals surface area contributed by atoms with Crippen molar-refractivity contribution in [3.05, 3.63) is 65.9 Å². The molecule has 23 heavy (non-hydrogen) atoms. The molecular weight excluding hydrogens is 284 g/mol. The van der Waals surface area contributed by atoms with E-state index in [9.17, 15) is 0 Å². The van der Waals surface area contributed by atoms with Gasteiger partial charge in [0.05, 0.1) is 6.61 Å². The standard InChI is InChI=1S/C20H22N2O/c1-2-6-16(7-3-1)23-15-11-18-17-8-4-5-9-19(17)22-14-13-21-12-10-20(18)22/h1-9,21H,10-15H2. The quantitative estimate of drug-likeness (QED) is 0.799. The Balaban J connectivity index is 1.62.